The highest BCUT2D eigenvalue weighted by Crippen LogP contribution is 2.13. The van der Waals surface area contributed by atoms with Crippen LogP contribution in [0.3, 0.4) is 0 Å². The van der Waals surface area contributed by atoms with Gasteiger partial charge in [0.1, 0.15) is 18.5 Å². The maximum absolute atomic E-state index is 12.4. The summed E-state index contributed by atoms with van der Waals surface area (Å²) in [5.74, 6) is -0.671. The molecule has 0 heterocycles. The fourth-order valence-corrected chi connectivity index (χ4v) is 5.44. The fourth-order valence-electron chi connectivity index (χ4n) is 5.44. The molecule has 1 atom stereocenters. The molecule has 0 saturated heterocycles. The van der Waals surface area contributed by atoms with Gasteiger partial charge in [0.15, 0.2) is 6.10 Å². The Labute approximate surface area is 288 Å². The van der Waals surface area contributed by atoms with Crippen molar-refractivity contribution in [1.82, 2.24) is 0 Å². The van der Waals surface area contributed by atoms with Crippen LogP contribution in [0.15, 0.2) is 29.6 Å². The molecular formula is C39H71N3O5. The van der Waals surface area contributed by atoms with Crippen LogP contribution >= 0.6 is 0 Å². The van der Waals surface area contributed by atoms with E-state index in [0.717, 1.165) is 57.8 Å². The average molecular weight is 662 g/mol. The summed E-state index contributed by atoms with van der Waals surface area (Å²) in [6.45, 7) is 4.25. The van der Waals surface area contributed by atoms with Crippen LogP contribution in [0.2, 0.25) is 0 Å². The zero-order chi connectivity index (χ0) is 34.3. The van der Waals surface area contributed by atoms with Crippen LogP contribution in [-0.2, 0) is 23.9 Å². The molecule has 0 spiro atoms. The summed E-state index contributed by atoms with van der Waals surface area (Å²) < 4.78 is 10.8. The highest BCUT2D eigenvalue weighted by Gasteiger charge is 2.18. The van der Waals surface area contributed by atoms with Crippen molar-refractivity contribution in [2.75, 3.05) is 13.2 Å². The highest BCUT2D eigenvalue weighted by atomic mass is 16.7. The molecule has 0 fully saturated rings. The minimum atomic E-state index is -0.797. The van der Waals surface area contributed by atoms with E-state index in [0.29, 0.717) is 12.8 Å². The molecular weight excluding hydrogens is 590 g/mol. The van der Waals surface area contributed by atoms with Crippen LogP contribution in [-0.4, -0.2) is 31.3 Å². The van der Waals surface area contributed by atoms with E-state index >= 15 is 0 Å². The minimum Gasteiger partial charge on any atom is -0.462 e. The topological polar surface area (TPSA) is 111 Å². The first kappa shape index (κ1) is 44.5. The van der Waals surface area contributed by atoms with Gasteiger partial charge in [0.2, 0.25) is 0 Å². The molecule has 1 unspecified atom stereocenters. The molecule has 0 amide bonds. The first-order valence-electron chi connectivity index (χ1n) is 19.4. The predicted molar refractivity (Wildman–Crippen MR) is 195 cm³/mol. The molecule has 8 nitrogen and oxygen atoms in total. The summed E-state index contributed by atoms with van der Waals surface area (Å²) in [5.41, 5.74) is 8.48. The van der Waals surface area contributed by atoms with Crippen molar-refractivity contribution in [3.8, 4) is 0 Å². The van der Waals surface area contributed by atoms with Crippen LogP contribution < -0.4 is 0 Å². The van der Waals surface area contributed by atoms with Crippen LogP contribution in [0, 0.1) is 0 Å². The van der Waals surface area contributed by atoms with Crippen LogP contribution in [0.25, 0.3) is 10.4 Å². The predicted octanol–water partition coefficient (Wildman–Crippen LogP) is 12.8. The molecule has 0 saturated carbocycles. The largest absolute Gasteiger partial charge is 0.462 e. The maximum atomic E-state index is 12.4. The lowest BCUT2D eigenvalue weighted by Crippen LogP contribution is -2.29. The van der Waals surface area contributed by atoms with Gasteiger partial charge in [-0.1, -0.05) is 141 Å². The fraction of sp³-hybridized carbons (Fsp3) is 0.846. The molecule has 8 heteroatoms. The number of hydrogen-bond acceptors (Lipinski definition) is 6. The molecule has 272 valence electrons. The molecule has 0 aliphatic heterocycles. The summed E-state index contributed by atoms with van der Waals surface area (Å²) in [7, 11) is 0. The Balaban J connectivity index is 3.87. The highest BCUT2D eigenvalue weighted by molar-refractivity contribution is 5.70. The minimum absolute atomic E-state index is 0.108. The van der Waals surface area contributed by atoms with Gasteiger partial charge in [-0.3, -0.25) is 9.59 Å². The number of esters is 2. The van der Waals surface area contributed by atoms with Crippen molar-refractivity contribution in [2.45, 2.75) is 200 Å². The number of hydrogen-bond donors (Lipinski definition) is 0. The van der Waals surface area contributed by atoms with Gasteiger partial charge in [-0.15, -0.1) is 0 Å². The molecule has 0 aliphatic carbocycles. The van der Waals surface area contributed by atoms with E-state index in [1.807, 2.05) is 0 Å². The Morgan fingerprint density at radius 2 is 0.936 bits per heavy atom. The number of allylic oxidation sites excluding steroid dienone is 4. The quantitative estimate of drug-likeness (QED) is 0.0126. The summed E-state index contributed by atoms with van der Waals surface area (Å²) in [6, 6.07) is 0. The van der Waals surface area contributed by atoms with Crippen molar-refractivity contribution in [3.05, 3.63) is 34.7 Å². The van der Waals surface area contributed by atoms with Crippen LogP contribution in [0.4, 0.5) is 0 Å². The molecule has 47 heavy (non-hydrogen) atoms. The van der Waals surface area contributed by atoms with Crippen molar-refractivity contribution in [2.24, 2.45) is 5.28 Å². The van der Waals surface area contributed by atoms with Gasteiger partial charge in [-0.2, -0.15) is 0 Å². The standard InChI is InChI=1S/C39H71N3O5/c1-3-5-7-9-11-13-15-17-19-21-23-25-27-29-31-33-38(43)45-35-37(36-46-42-41-40)47-39(44)34-32-30-28-26-24-22-20-18-16-14-12-10-8-6-4-2/h17-20,37H,3-16,21-36H2,1-2H3/b19-17-,20-18-. The Bertz CT molecular complexity index is 810. The number of carbonyl (C=O) groups excluding carboxylic acids is 2. The molecule has 0 aromatic carbocycles. The lowest BCUT2D eigenvalue weighted by Gasteiger charge is -2.17. The van der Waals surface area contributed by atoms with Crippen molar-refractivity contribution in [3.63, 3.8) is 0 Å². The van der Waals surface area contributed by atoms with Gasteiger partial charge in [0, 0.05) is 17.8 Å². The van der Waals surface area contributed by atoms with E-state index in [2.05, 4.69) is 48.3 Å². The first-order valence-corrected chi connectivity index (χ1v) is 19.4. The summed E-state index contributed by atoms with van der Waals surface area (Å²) in [4.78, 5) is 32.0. The van der Waals surface area contributed by atoms with Gasteiger partial charge in [0.05, 0.1) is 0 Å². The zero-order valence-corrected chi connectivity index (χ0v) is 30.5. The van der Waals surface area contributed by atoms with E-state index in [1.165, 1.54) is 109 Å². The molecule has 0 N–H and O–H groups in total. The Morgan fingerprint density at radius 1 is 0.553 bits per heavy atom. The number of carbonyl (C=O) groups is 2. The monoisotopic (exact) mass is 662 g/mol. The van der Waals surface area contributed by atoms with Crippen molar-refractivity contribution >= 4 is 11.9 Å². The van der Waals surface area contributed by atoms with Gasteiger partial charge in [0.25, 0.3) is 0 Å². The average Bonchev–Trinajstić information content (AvgIpc) is 3.07. The van der Waals surface area contributed by atoms with Gasteiger partial charge in [-0.05, 0) is 69.7 Å². The number of azide groups is 1. The summed E-state index contributed by atoms with van der Waals surface area (Å²) >= 11 is 0. The van der Waals surface area contributed by atoms with Crippen molar-refractivity contribution < 1.29 is 23.9 Å². The van der Waals surface area contributed by atoms with Gasteiger partial charge >= 0.3 is 11.9 Å². The second-order valence-corrected chi connectivity index (χ2v) is 12.9. The van der Waals surface area contributed by atoms with E-state index in [1.54, 1.807) is 0 Å². The molecule has 0 aromatic heterocycles. The molecule has 0 bridgehead atoms. The van der Waals surface area contributed by atoms with Crippen LogP contribution in [0.5, 0.6) is 0 Å². The second-order valence-electron chi connectivity index (χ2n) is 12.9. The van der Waals surface area contributed by atoms with Gasteiger partial charge in [-0.25, -0.2) is 0 Å². The summed E-state index contributed by atoms with van der Waals surface area (Å²) in [6.07, 6.45) is 40.3. The lowest BCUT2D eigenvalue weighted by molar-refractivity contribution is -0.163. The van der Waals surface area contributed by atoms with E-state index < -0.39 is 6.10 Å². The molecule has 0 aromatic rings. The lowest BCUT2D eigenvalue weighted by atomic mass is 10.1. The van der Waals surface area contributed by atoms with Crippen molar-refractivity contribution in [1.29, 1.82) is 0 Å². The molecule has 0 aliphatic rings. The normalized spacial score (nSPS) is 12.0. The van der Waals surface area contributed by atoms with E-state index in [4.69, 9.17) is 19.8 Å². The third kappa shape index (κ3) is 36.2. The van der Waals surface area contributed by atoms with E-state index in [9.17, 15) is 9.59 Å². The van der Waals surface area contributed by atoms with Crippen LogP contribution in [0.1, 0.15) is 194 Å². The number of nitrogens with zero attached hydrogens (tertiary/aromatic N) is 3. The first-order chi connectivity index (χ1) is 23.1. The Kier molecular flexibility index (Phi) is 36.0. The third-order valence-corrected chi connectivity index (χ3v) is 8.37. The van der Waals surface area contributed by atoms with E-state index in [-0.39, 0.29) is 25.2 Å². The molecule has 0 radical (unpaired) electrons. The Hall–Kier alpha value is -2.47. The molecule has 0 rings (SSSR count). The Morgan fingerprint density at radius 3 is 1.36 bits per heavy atom. The number of ether oxygens (including phenoxy) is 2. The summed E-state index contributed by atoms with van der Waals surface area (Å²) in [5, 5.41) is 3.05. The number of rotatable bonds is 36. The SMILES string of the molecule is CCCCCCCC/C=C\CCCCCCCC(=O)OCC(CON=[N+]=[N-])OC(=O)CCCCCCC/C=C\CCCCCCCC. The number of unbranched alkanes of at least 4 members (excludes halogenated alkanes) is 22. The second kappa shape index (κ2) is 38.0. The van der Waals surface area contributed by atoms with Gasteiger partial charge < -0.3 is 14.3 Å². The zero-order valence-electron chi connectivity index (χ0n) is 30.5. The third-order valence-electron chi connectivity index (χ3n) is 8.37. The smallest absolute Gasteiger partial charge is 0.306 e. The maximum Gasteiger partial charge on any atom is 0.306 e.